The molecule has 4 rings (SSSR count). The molecule has 0 bridgehead atoms. The molecule has 0 radical (unpaired) electrons. The summed E-state index contributed by atoms with van der Waals surface area (Å²) < 4.78 is 18.5. The topological polar surface area (TPSA) is 99.4 Å². The highest BCUT2D eigenvalue weighted by molar-refractivity contribution is 9.10. The highest BCUT2D eigenvalue weighted by atomic mass is 79.9. The van der Waals surface area contributed by atoms with Gasteiger partial charge in [-0.2, -0.15) is 0 Å². The van der Waals surface area contributed by atoms with E-state index in [4.69, 9.17) is 25.8 Å². The molecule has 0 amide bonds. The van der Waals surface area contributed by atoms with Crippen LogP contribution in [0.25, 0.3) is 6.08 Å². The minimum atomic E-state index is -0.818. The van der Waals surface area contributed by atoms with Gasteiger partial charge in [-0.3, -0.25) is 9.36 Å². The lowest BCUT2D eigenvalue weighted by molar-refractivity contribution is -0.139. The smallest absolute Gasteiger partial charge is 0.338 e. The molecule has 36 heavy (non-hydrogen) atoms. The number of carbonyl (C=O) groups is 1. The number of fused-ring (bicyclic) bond motifs is 1. The van der Waals surface area contributed by atoms with Crippen LogP contribution in [0, 0.1) is 0 Å². The Balaban J connectivity index is 2.00. The van der Waals surface area contributed by atoms with Crippen LogP contribution in [-0.4, -0.2) is 36.5 Å². The summed E-state index contributed by atoms with van der Waals surface area (Å²) in [6.07, 6.45) is 1.55. The lowest BCUT2D eigenvalue weighted by Gasteiger charge is -2.25. The fraction of sp³-hybridized carbons (Fsp3) is 0.240. The Hall–Kier alpha value is -3.08. The van der Waals surface area contributed by atoms with E-state index in [1.807, 2.05) is 0 Å². The normalized spacial score (nSPS) is 15.4. The van der Waals surface area contributed by atoms with Gasteiger partial charge in [0.05, 0.1) is 47.7 Å². The third kappa shape index (κ3) is 4.68. The number of thiazole rings is 1. The average molecular weight is 594 g/mol. The van der Waals surface area contributed by atoms with Gasteiger partial charge >= 0.3 is 5.97 Å². The largest absolute Gasteiger partial charge is 0.506 e. The van der Waals surface area contributed by atoms with Crippen LogP contribution in [-0.2, 0) is 9.53 Å². The van der Waals surface area contributed by atoms with Gasteiger partial charge in [-0.15, -0.1) is 0 Å². The van der Waals surface area contributed by atoms with E-state index in [0.29, 0.717) is 42.1 Å². The Kier molecular flexibility index (Phi) is 7.58. The molecular formula is C25H22BrClN2O6S. The number of hydrogen-bond donors (Lipinski definition) is 1. The van der Waals surface area contributed by atoms with Crippen LogP contribution < -0.4 is 24.4 Å². The van der Waals surface area contributed by atoms with Crippen LogP contribution in [0.3, 0.4) is 0 Å². The summed E-state index contributed by atoms with van der Waals surface area (Å²) in [6, 6.07) is 7.59. The summed E-state index contributed by atoms with van der Waals surface area (Å²) in [6.45, 7) is 3.59. The predicted molar refractivity (Wildman–Crippen MR) is 141 cm³/mol. The third-order valence-corrected chi connectivity index (χ3v) is 7.31. The zero-order valence-electron chi connectivity index (χ0n) is 19.8. The van der Waals surface area contributed by atoms with Crippen LogP contribution in [0.1, 0.15) is 31.0 Å². The minimum Gasteiger partial charge on any atom is -0.506 e. The summed E-state index contributed by atoms with van der Waals surface area (Å²) in [5, 5.41) is 10.6. The number of aromatic hydroxyl groups is 1. The number of allylic oxidation sites excluding steroid dienone is 1. The van der Waals surface area contributed by atoms with Crippen molar-refractivity contribution in [1.29, 1.82) is 0 Å². The van der Waals surface area contributed by atoms with E-state index in [0.717, 1.165) is 11.3 Å². The molecule has 2 aromatic carbocycles. The molecule has 0 saturated carbocycles. The van der Waals surface area contributed by atoms with Gasteiger partial charge in [0.25, 0.3) is 5.56 Å². The third-order valence-electron chi connectivity index (χ3n) is 5.58. The Morgan fingerprint density at radius 1 is 1.25 bits per heavy atom. The molecule has 1 aromatic heterocycles. The Morgan fingerprint density at radius 3 is 2.64 bits per heavy atom. The van der Waals surface area contributed by atoms with E-state index < -0.39 is 12.0 Å². The quantitative estimate of drug-likeness (QED) is 0.435. The second-order valence-corrected chi connectivity index (χ2v) is 10.1. The van der Waals surface area contributed by atoms with E-state index in [1.165, 1.54) is 18.8 Å². The molecule has 1 aliphatic rings. The fourth-order valence-corrected chi connectivity index (χ4v) is 5.84. The van der Waals surface area contributed by atoms with Gasteiger partial charge in [0, 0.05) is 10.0 Å². The molecule has 1 aliphatic heterocycles. The maximum Gasteiger partial charge on any atom is 0.338 e. The van der Waals surface area contributed by atoms with Crippen LogP contribution in [0.15, 0.2) is 55.9 Å². The van der Waals surface area contributed by atoms with Crippen molar-refractivity contribution in [2.45, 2.75) is 19.9 Å². The maximum atomic E-state index is 13.7. The van der Waals surface area contributed by atoms with Crippen molar-refractivity contribution in [2.75, 3.05) is 20.8 Å². The molecule has 188 valence electrons. The Morgan fingerprint density at radius 2 is 1.97 bits per heavy atom. The number of esters is 1. The number of carbonyl (C=O) groups excluding carboxylic acids is 1. The number of phenols is 1. The van der Waals surface area contributed by atoms with E-state index >= 15 is 0 Å². The average Bonchev–Trinajstić information content (AvgIpc) is 3.15. The number of halogens is 2. The van der Waals surface area contributed by atoms with Gasteiger partial charge in [-0.1, -0.05) is 44.9 Å². The predicted octanol–water partition coefficient (Wildman–Crippen LogP) is 3.94. The fourth-order valence-electron chi connectivity index (χ4n) is 3.97. The monoisotopic (exact) mass is 592 g/mol. The van der Waals surface area contributed by atoms with Crippen molar-refractivity contribution < 1.29 is 24.1 Å². The number of phenolic OH excluding ortho intramolecular Hbond substituents is 1. The standard InChI is InChI=1S/C25H22BrClN2O6S/c1-5-35-24(32)20-12(2)28-25-29(21(20)13-6-7-17(33-3)18(9-13)34-4)23(31)19(36-25)10-14-8-15(26)11-16(27)22(14)30/h6-11,21,30H,5H2,1-4H3/b19-10-/t21-/m0/s1. The van der Waals surface area contributed by atoms with Gasteiger partial charge in [0.2, 0.25) is 0 Å². The summed E-state index contributed by atoms with van der Waals surface area (Å²) in [5.41, 5.74) is 1.28. The van der Waals surface area contributed by atoms with Crippen molar-refractivity contribution in [3.63, 3.8) is 0 Å². The summed E-state index contributed by atoms with van der Waals surface area (Å²) in [4.78, 5) is 31.7. The van der Waals surface area contributed by atoms with Crippen LogP contribution in [0.4, 0.5) is 0 Å². The zero-order chi connectivity index (χ0) is 26.1. The van der Waals surface area contributed by atoms with Crippen molar-refractivity contribution in [3.8, 4) is 17.2 Å². The SMILES string of the molecule is CCOC(=O)C1=C(C)N=c2s/c(=C\c3cc(Br)cc(Cl)c3O)c(=O)n2[C@H]1c1ccc(OC)c(OC)c1. The van der Waals surface area contributed by atoms with Crippen molar-refractivity contribution in [2.24, 2.45) is 4.99 Å². The lowest BCUT2D eigenvalue weighted by atomic mass is 9.95. The molecular weight excluding hydrogens is 572 g/mol. The Bertz CT molecular complexity index is 1580. The number of rotatable bonds is 6. The number of methoxy groups -OCH3 is 2. The molecule has 11 heteroatoms. The molecule has 1 N–H and O–H groups in total. The first-order valence-electron chi connectivity index (χ1n) is 10.8. The van der Waals surface area contributed by atoms with Crippen molar-refractivity contribution in [3.05, 3.63) is 81.9 Å². The maximum absolute atomic E-state index is 13.7. The van der Waals surface area contributed by atoms with E-state index in [2.05, 4.69) is 20.9 Å². The van der Waals surface area contributed by atoms with Gasteiger partial charge < -0.3 is 19.3 Å². The van der Waals surface area contributed by atoms with Gasteiger partial charge in [-0.05, 0) is 49.8 Å². The molecule has 3 aromatic rings. The zero-order valence-corrected chi connectivity index (χ0v) is 23.0. The van der Waals surface area contributed by atoms with Crippen LogP contribution >= 0.6 is 38.9 Å². The number of hydrogen-bond acceptors (Lipinski definition) is 8. The number of benzene rings is 2. The molecule has 1 atom stereocenters. The number of aromatic nitrogens is 1. The number of nitrogens with zero attached hydrogens (tertiary/aromatic N) is 2. The number of ether oxygens (including phenoxy) is 3. The summed E-state index contributed by atoms with van der Waals surface area (Å²) in [5.74, 6) is 0.243. The second-order valence-electron chi connectivity index (χ2n) is 7.74. The second kappa shape index (κ2) is 10.5. The van der Waals surface area contributed by atoms with E-state index in [9.17, 15) is 14.7 Å². The van der Waals surface area contributed by atoms with Gasteiger partial charge in [0.1, 0.15) is 5.75 Å². The highest BCUT2D eigenvalue weighted by Gasteiger charge is 2.34. The van der Waals surface area contributed by atoms with Crippen LogP contribution in [0.2, 0.25) is 5.02 Å². The summed E-state index contributed by atoms with van der Waals surface area (Å²) >= 11 is 10.6. The first-order chi connectivity index (χ1) is 17.2. The summed E-state index contributed by atoms with van der Waals surface area (Å²) in [7, 11) is 3.04. The first kappa shape index (κ1) is 26.0. The minimum absolute atomic E-state index is 0.145. The van der Waals surface area contributed by atoms with Crippen molar-refractivity contribution in [1.82, 2.24) is 4.57 Å². The molecule has 0 fully saturated rings. The molecule has 8 nitrogen and oxygen atoms in total. The molecule has 0 aliphatic carbocycles. The Labute approximate surface area is 223 Å². The first-order valence-corrected chi connectivity index (χ1v) is 12.8. The highest BCUT2D eigenvalue weighted by Crippen LogP contribution is 2.36. The molecule has 0 saturated heterocycles. The van der Waals surface area contributed by atoms with Crippen LogP contribution in [0.5, 0.6) is 17.2 Å². The lowest BCUT2D eigenvalue weighted by Crippen LogP contribution is -2.40. The molecule has 2 heterocycles. The van der Waals surface area contributed by atoms with E-state index in [1.54, 1.807) is 50.3 Å². The molecule has 0 unspecified atom stereocenters. The van der Waals surface area contributed by atoms with Crippen molar-refractivity contribution >= 4 is 50.9 Å². The van der Waals surface area contributed by atoms with Gasteiger partial charge in [0.15, 0.2) is 16.3 Å². The van der Waals surface area contributed by atoms with E-state index in [-0.39, 0.29) is 28.5 Å². The molecule has 0 spiro atoms. The van der Waals surface area contributed by atoms with Gasteiger partial charge in [-0.25, -0.2) is 9.79 Å².